The Balaban J connectivity index is 1.23. The Morgan fingerprint density at radius 3 is 2.76 bits per heavy atom. The first-order valence-electron chi connectivity index (χ1n) is 10.8. The van der Waals surface area contributed by atoms with Crippen LogP contribution in [0.15, 0.2) is 54.7 Å². The molecule has 154 valence electrons. The molecule has 3 aliphatic heterocycles. The minimum Gasteiger partial charge on any atom is -0.350 e. The number of rotatable bonds is 8. The first-order valence-corrected chi connectivity index (χ1v) is 10.8. The van der Waals surface area contributed by atoms with Crippen molar-refractivity contribution in [3.05, 3.63) is 66.0 Å². The molecule has 3 fully saturated rings. The number of carbonyl (C=O) groups is 1. The van der Waals surface area contributed by atoms with Gasteiger partial charge in [-0.1, -0.05) is 24.3 Å². The van der Waals surface area contributed by atoms with Gasteiger partial charge in [0, 0.05) is 56.1 Å². The van der Waals surface area contributed by atoms with Crippen LogP contribution in [-0.4, -0.2) is 66.5 Å². The summed E-state index contributed by atoms with van der Waals surface area (Å²) in [5, 5.41) is 3.15. The van der Waals surface area contributed by atoms with Gasteiger partial charge in [-0.15, -0.1) is 0 Å². The predicted molar refractivity (Wildman–Crippen MR) is 116 cm³/mol. The maximum Gasteiger partial charge on any atom is 0.251 e. The topological polar surface area (TPSA) is 48.5 Å². The average Bonchev–Trinajstić information content (AvgIpc) is 2.78. The lowest BCUT2D eigenvalue weighted by molar-refractivity contribution is -0.00870. The normalized spacial score (nSPS) is 25.9. The maximum absolute atomic E-state index is 12.4. The standard InChI is InChI=1S/C24H32N4O/c1-27(13-11-22-9-5-6-12-25-22)17-21-18-28-14-10-20(21)15-23(28)16-26-24(29)19-7-3-2-4-8-19/h2-9,12,20-21,23H,10-11,13-18H2,1H3,(H,26,29)/t20-,21+,23+/m0/s1. The van der Waals surface area contributed by atoms with E-state index < -0.39 is 0 Å². The van der Waals surface area contributed by atoms with Gasteiger partial charge < -0.3 is 10.2 Å². The summed E-state index contributed by atoms with van der Waals surface area (Å²) in [6.45, 7) is 5.29. The fourth-order valence-electron chi connectivity index (χ4n) is 4.91. The highest BCUT2D eigenvalue weighted by atomic mass is 16.1. The Kier molecular flexibility index (Phi) is 6.57. The van der Waals surface area contributed by atoms with E-state index in [0.717, 1.165) is 50.0 Å². The Labute approximate surface area is 174 Å². The van der Waals surface area contributed by atoms with Crippen molar-refractivity contribution in [1.29, 1.82) is 0 Å². The van der Waals surface area contributed by atoms with E-state index in [4.69, 9.17) is 0 Å². The first-order chi connectivity index (χ1) is 14.2. The van der Waals surface area contributed by atoms with Crippen molar-refractivity contribution in [2.75, 3.05) is 39.8 Å². The molecular weight excluding hydrogens is 360 g/mol. The number of aromatic nitrogens is 1. The molecule has 2 aromatic rings. The summed E-state index contributed by atoms with van der Waals surface area (Å²) in [7, 11) is 2.23. The molecule has 4 heterocycles. The Morgan fingerprint density at radius 2 is 2.03 bits per heavy atom. The summed E-state index contributed by atoms with van der Waals surface area (Å²) in [6, 6.07) is 16.1. The number of nitrogens with one attached hydrogen (secondary N) is 1. The monoisotopic (exact) mass is 392 g/mol. The third-order valence-electron chi connectivity index (χ3n) is 6.57. The van der Waals surface area contributed by atoms with Gasteiger partial charge in [0.15, 0.2) is 0 Å². The number of nitrogens with zero attached hydrogens (tertiary/aromatic N) is 3. The molecule has 5 nitrogen and oxygen atoms in total. The SMILES string of the molecule is CN(CCc1ccccn1)C[C@@H]1CN2CC[C@H]1C[C@@H]2CNC(=O)c1ccccc1. The van der Waals surface area contributed by atoms with Crippen LogP contribution in [0.2, 0.25) is 0 Å². The molecule has 0 saturated carbocycles. The number of benzene rings is 1. The molecule has 3 saturated heterocycles. The van der Waals surface area contributed by atoms with Gasteiger partial charge in [0.1, 0.15) is 0 Å². The summed E-state index contributed by atoms with van der Waals surface area (Å²) in [5.41, 5.74) is 1.92. The largest absolute Gasteiger partial charge is 0.350 e. The molecule has 4 atom stereocenters. The van der Waals surface area contributed by atoms with Crippen LogP contribution >= 0.6 is 0 Å². The fourth-order valence-corrected chi connectivity index (χ4v) is 4.91. The molecule has 5 heteroatoms. The summed E-state index contributed by atoms with van der Waals surface area (Å²) >= 11 is 0. The number of hydrogen-bond acceptors (Lipinski definition) is 4. The molecule has 3 aliphatic rings. The van der Waals surface area contributed by atoms with Gasteiger partial charge in [-0.3, -0.25) is 14.7 Å². The zero-order chi connectivity index (χ0) is 20.1. The molecule has 1 amide bonds. The van der Waals surface area contributed by atoms with E-state index >= 15 is 0 Å². The lowest BCUT2D eigenvalue weighted by atomic mass is 9.75. The molecule has 1 aromatic carbocycles. The summed E-state index contributed by atoms with van der Waals surface area (Å²) < 4.78 is 0. The highest BCUT2D eigenvalue weighted by Gasteiger charge is 2.40. The van der Waals surface area contributed by atoms with Crippen LogP contribution in [0.4, 0.5) is 0 Å². The number of pyridine rings is 1. The van der Waals surface area contributed by atoms with Gasteiger partial charge in [0.2, 0.25) is 0 Å². The van der Waals surface area contributed by atoms with Gasteiger partial charge in [0.05, 0.1) is 0 Å². The second-order valence-electron chi connectivity index (χ2n) is 8.60. The van der Waals surface area contributed by atoms with E-state index in [9.17, 15) is 4.79 Å². The Morgan fingerprint density at radius 1 is 1.21 bits per heavy atom. The highest BCUT2D eigenvalue weighted by molar-refractivity contribution is 5.94. The predicted octanol–water partition coefficient (Wildman–Crippen LogP) is 2.70. The van der Waals surface area contributed by atoms with Gasteiger partial charge in [-0.2, -0.15) is 0 Å². The molecule has 0 spiro atoms. The van der Waals surface area contributed by atoms with Gasteiger partial charge >= 0.3 is 0 Å². The van der Waals surface area contributed by atoms with Crippen molar-refractivity contribution < 1.29 is 4.79 Å². The number of likely N-dealkylation sites (N-methyl/N-ethyl adjacent to an activating group) is 1. The van der Waals surface area contributed by atoms with Gasteiger partial charge in [0.25, 0.3) is 5.91 Å². The smallest absolute Gasteiger partial charge is 0.251 e. The lowest BCUT2D eigenvalue weighted by Crippen LogP contribution is -2.58. The van der Waals surface area contributed by atoms with Crippen molar-refractivity contribution in [3.63, 3.8) is 0 Å². The second kappa shape index (κ2) is 9.51. The zero-order valence-corrected chi connectivity index (χ0v) is 17.3. The molecule has 5 rings (SSSR count). The van der Waals surface area contributed by atoms with Crippen LogP contribution in [0, 0.1) is 11.8 Å². The number of piperidine rings is 3. The van der Waals surface area contributed by atoms with Gasteiger partial charge in [-0.05, 0) is 62.5 Å². The molecule has 2 bridgehead atoms. The molecule has 1 aromatic heterocycles. The number of hydrogen-bond donors (Lipinski definition) is 1. The van der Waals surface area contributed by atoms with E-state index in [0.29, 0.717) is 6.04 Å². The minimum atomic E-state index is 0.0408. The summed E-state index contributed by atoms with van der Waals surface area (Å²) in [4.78, 5) is 21.8. The third kappa shape index (κ3) is 5.22. The quantitative estimate of drug-likeness (QED) is 0.750. The van der Waals surface area contributed by atoms with Crippen molar-refractivity contribution in [2.45, 2.75) is 25.3 Å². The molecule has 0 radical (unpaired) electrons. The van der Waals surface area contributed by atoms with Crippen LogP contribution in [0.1, 0.15) is 28.9 Å². The van der Waals surface area contributed by atoms with Crippen LogP contribution in [0.25, 0.3) is 0 Å². The van der Waals surface area contributed by atoms with Crippen LogP contribution < -0.4 is 5.32 Å². The maximum atomic E-state index is 12.4. The molecular formula is C24H32N4O. The number of carbonyl (C=O) groups excluding carboxylic acids is 1. The lowest BCUT2D eigenvalue weighted by Gasteiger charge is -2.50. The summed E-state index contributed by atoms with van der Waals surface area (Å²) in [6.07, 6.45) is 5.38. The first kappa shape index (κ1) is 20.0. The Hall–Kier alpha value is -2.24. The number of fused-ring (bicyclic) bond motifs is 3. The molecule has 0 aliphatic carbocycles. The zero-order valence-electron chi connectivity index (χ0n) is 17.3. The molecule has 29 heavy (non-hydrogen) atoms. The number of amides is 1. The molecule has 1 unspecified atom stereocenters. The van der Waals surface area contributed by atoms with Crippen molar-refractivity contribution >= 4 is 5.91 Å². The summed E-state index contributed by atoms with van der Waals surface area (Å²) in [5.74, 6) is 1.55. The van der Waals surface area contributed by atoms with Crippen LogP contribution in [0.5, 0.6) is 0 Å². The van der Waals surface area contributed by atoms with Crippen LogP contribution in [-0.2, 0) is 6.42 Å². The van der Waals surface area contributed by atoms with E-state index in [1.165, 1.54) is 25.1 Å². The minimum absolute atomic E-state index is 0.0408. The second-order valence-corrected chi connectivity index (χ2v) is 8.60. The molecule has 1 N–H and O–H groups in total. The van der Waals surface area contributed by atoms with E-state index in [1.54, 1.807) is 0 Å². The van der Waals surface area contributed by atoms with Crippen LogP contribution in [0.3, 0.4) is 0 Å². The van der Waals surface area contributed by atoms with E-state index in [2.05, 4.69) is 39.3 Å². The Bertz CT molecular complexity index is 782. The fraction of sp³-hybridized carbons (Fsp3) is 0.500. The van der Waals surface area contributed by atoms with E-state index in [1.807, 2.05) is 42.6 Å². The highest BCUT2D eigenvalue weighted by Crippen LogP contribution is 2.36. The van der Waals surface area contributed by atoms with Crippen molar-refractivity contribution in [3.8, 4) is 0 Å². The third-order valence-corrected chi connectivity index (χ3v) is 6.57. The average molecular weight is 393 g/mol. The van der Waals surface area contributed by atoms with Crippen molar-refractivity contribution in [2.24, 2.45) is 11.8 Å². The van der Waals surface area contributed by atoms with E-state index in [-0.39, 0.29) is 5.91 Å². The van der Waals surface area contributed by atoms with Gasteiger partial charge in [-0.25, -0.2) is 0 Å². The van der Waals surface area contributed by atoms with Crippen molar-refractivity contribution in [1.82, 2.24) is 20.1 Å².